The highest BCUT2D eigenvalue weighted by molar-refractivity contribution is 7.60. The molecule has 266 valence electrons. The van der Waals surface area contributed by atoms with E-state index in [1.807, 2.05) is 12.4 Å². The highest BCUT2D eigenvalue weighted by Crippen LogP contribution is 2.80. The van der Waals surface area contributed by atoms with Crippen LogP contribution in [0.2, 0.25) is 0 Å². The molecule has 8 aliphatic rings. The Morgan fingerprint density at radius 3 is 1.30 bits per heavy atom. The molecule has 2 heterocycles. The van der Waals surface area contributed by atoms with Crippen molar-refractivity contribution in [1.82, 2.24) is 9.97 Å². The van der Waals surface area contributed by atoms with Crippen LogP contribution in [-0.4, -0.2) is 20.3 Å². The first-order valence-electron chi connectivity index (χ1n) is 20.3. The third kappa shape index (κ3) is 5.62. The number of nitrogens with zero attached hydrogens (tertiary/aromatic N) is 2. The second-order valence-corrected chi connectivity index (χ2v) is 24.6. The first-order valence-corrected chi connectivity index (χ1v) is 22.4. The Morgan fingerprint density at radius 1 is 0.580 bits per heavy atom. The molecule has 1 atom stereocenters. The van der Waals surface area contributed by atoms with Gasteiger partial charge in [0.15, 0.2) is 0 Å². The Kier molecular flexibility index (Phi) is 8.16. The van der Waals surface area contributed by atoms with Gasteiger partial charge < -0.3 is 0 Å². The molecular weight excluding hydrogens is 642 g/mol. The molecule has 0 spiro atoms. The summed E-state index contributed by atoms with van der Waals surface area (Å²) in [6.07, 6.45) is 23.7. The molecule has 11 rings (SSSR count). The normalized spacial score (nSPS) is 35.1. The molecule has 8 bridgehead atoms. The molecule has 0 saturated heterocycles. The van der Waals surface area contributed by atoms with Gasteiger partial charge in [-0.2, -0.15) is 0 Å². The third-order valence-corrected chi connectivity index (χ3v) is 19.9. The minimum atomic E-state index is -0.530. The highest BCUT2D eigenvalue weighted by Gasteiger charge is 2.62. The molecule has 0 radical (unpaired) electrons. The Labute approximate surface area is 307 Å². The van der Waals surface area contributed by atoms with Crippen LogP contribution in [0.1, 0.15) is 152 Å². The lowest BCUT2D eigenvalue weighted by Crippen LogP contribution is -2.56. The lowest BCUT2D eigenvalue weighted by molar-refractivity contribution is 0.0184. The summed E-state index contributed by atoms with van der Waals surface area (Å²) in [4.78, 5) is 10.3. The van der Waals surface area contributed by atoms with Gasteiger partial charge in [-0.15, -0.1) is 9.24 Å². The van der Waals surface area contributed by atoms with E-state index in [-0.39, 0.29) is 18.8 Å². The molecule has 2 aromatic heterocycles. The monoisotopic (exact) mass is 704 g/mol. The van der Waals surface area contributed by atoms with Crippen molar-refractivity contribution >= 4 is 17.2 Å². The van der Waals surface area contributed by atoms with Crippen LogP contribution in [0.5, 0.6) is 0 Å². The van der Waals surface area contributed by atoms with E-state index in [0.29, 0.717) is 10.3 Å². The Morgan fingerprint density at radius 2 is 0.960 bits per heavy atom. The van der Waals surface area contributed by atoms with Crippen LogP contribution >= 0.6 is 17.2 Å². The molecule has 0 aliphatic heterocycles. The fourth-order valence-corrected chi connectivity index (χ4v) is 19.5. The number of benzene rings is 1. The van der Waals surface area contributed by atoms with Crippen molar-refractivity contribution in [2.45, 2.75) is 151 Å². The molecule has 2 nitrogen and oxygen atoms in total. The largest absolute Gasteiger partial charge is 0.260 e. The maximum absolute atomic E-state index is 5.14. The Hall–Kier alpha value is -1.62. The maximum Gasteiger partial charge on any atom is 0.0935 e. The summed E-state index contributed by atoms with van der Waals surface area (Å²) in [5, 5.41) is 0.631. The number of aromatic nitrogens is 2. The van der Waals surface area contributed by atoms with E-state index in [4.69, 9.17) is 9.97 Å². The van der Waals surface area contributed by atoms with E-state index in [0.717, 1.165) is 46.9 Å². The zero-order valence-electron chi connectivity index (χ0n) is 31.8. The smallest absolute Gasteiger partial charge is 0.0935 e. The molecule has 50 heavy (non-hydrogen) atoms. The third-order valence-electron chi connectivity index (χ3n) is 14.9. The number of pyridine rings is 2. The van der Waals surface area contributed by atoms with E-state index in [1.165, 1.54) is 55.8 Å². The van der Waals surface area contributed by atoms with Gasteiger partial charge >= 0.3 is 0 Å². The van der Waals surface area contributed by atoms with Gasteiger partial charge in [-0.3, -0.25) is 9.97 Å². The predicted octanol–water partition coefficient (Wildman–Crippen LogP) is 12.2. The first-order chi connectivity index (χ1) is 23.7. The van der Waals surface area contributed by atoms with E-state index in [1.54, 1.807) is 49.7 Å². The van der Waals surface area contributed by atoms with Gasteiger partial charge in [-0.1, -0.05) is 73.7 Å². The van der Waals surface area contributed by atoms with Crippen LogP contribution < -0.4 is 0 Å². The standard InChI is InChI=1S/C46H62N2P2/c1-42(2,3)38-21-36(37(22-39(38)43(4,5)6)46(49,40-11-7-9-13-47-40)41-12-8-10-14-48-41)29-50(44-23-30-15-31(24-44)17-32(16-30)25-44)45-26-33-18-34(27-45)20-35(19-33)28-45/h7-14,21-22,30-35H,15-20,23-29,49H2,1-6H3. The molecule has 8 saturated carbocycles. The fraction of sp³-hybridized carbons (Fsp3) is 0.652. The second-order valence-electron chi connectivity index (χ2n) is 20.7. The minimum Gasteiger partial charge on any atom is -0.260 e. The molecule has 1 unspecified atom stereocenters. The topological polar surface area (TPSA) is 25.8 Å². The maximum atomic E-state index is 5.14. The van der Waals surface area contributed by atoms with Crippen LogP contribution in [0.3, 0.4) is 0 Å². The number of rotatable bonds is 7. The van der Waals surface area contributed by atoms with Crippen LogP contribution in [-0.2, 0) is 22.1 Å². The molecule has 1 aromatic carbocycles. The molecule has 4 heteroatoms. The van der Waals surface area contributed by atoms with Gasteiger partial charge in [0.2, 0.25) is 0 Å². The Balaban J connectivity index is 1.29. The second kappa shape index (κ2) is 11.9. The highest BCUT2D eigenvalue weighted by atomic mass is 31.1. The first kappa shape index (κ1) is 34.2. The van der Waals surface area contributed by atoms with Crippen molar-refractivity contribution in [3.05, 3.63) is 94.6 Å². The van der Waals surface area contributed by atoms with Gasteiger partial charge in [-0.25, -0.2) is 0 Å². The minimum absolute atomic E-state index is 0.0142. The molecule has 8 aliphatic carbocycles. The quantitative estimate of drug-likeness (QED) is 0.229. The lowest BCUT2D eigenvalue weighted by atomic mass is 9.55. The summed E-state index contributed by atoms with van der Waals surface area (Å²) in [6.45, 7) is 14.6. The molecule has 0 N–H and O–H groups in total. The van der Waals surface area contributed by atoms with E-state index in [2.05, 4.69) is 99.3 Å². The number of hydrogen-bond acceptors (Lipinski definition) is 2. The van der Waals surface area contributed by atoms with Crippen LogP contribution in [0, 0.1) is 35.5 Å². The zero-order valence-corrected chi connectivity index (χ0v) is 33.9. The Bertz CT molecular complexity index is 1580. The summed E-state index contributed by atoms with van der Waals surface area (Å²) < 4.78 is 0. The van der Waals surface area contributed by atoms with Crippen molar-refractivity contribution in [3.63, 3.8) is 0 Å². The molecule has 8 fully saturated rings. The average Bonchev–Trinajstić information content (AvgIpc) is 3.05. The molecule has 0 amide bonds. The summed E-state index contributed by atoms with van der Waals surface area (Å²) in [5.74, 6) is 5.98. The van der Waals surface area contributed by atoms with Gasteiger partial charge in [0.1, 0.15) is 0 Å². The molecular formula is C46H62N2P2. The lowest BCUT2D eigenvalue weighted by Gasteiger charge is -2.67. The summed E-state index contributed by atoms with van der Waals surface area (Å²) in [6, 6.07) is 18.4. The number of hydrogen-bond donors (Lipinski definition) is 0. The van der Waals surface area contributed by atoms with Crippen LogP contribution in [0.25, 0.3) is 0 Å². The van der Waals surface area contributed by atoms with Crippen molar-refractivity contribution < 1.29 is 0 Å². The van der Waals surface area contributed by atoms with Gasteiger partial charge in [0.05, 0.1) is 16.5 Å². The van der Waals surface area contributed by atoms with Crippen molar-refractivity contribution in [3.8, 4) is 0 Å². The van der Waals surface area contributed by atoms with E-state index in [9.17, 15) is 0 Å². The summed E-state index contributed by atoms with van der Waals surface area (Å²) in [7, 11) is 3.16. The SMILES string of the molecule is CC(C)(C)c1cc(CP(C23CC4CC(CC(C4)C2)C3)C23CC4CC(CC(C4)C2)C3)c(C(P)(c2ccccn2)c2ccccn2)cc1C(C)(C)C. The summed E-state index contributed by atoms with van der Waals surface area (Å²) >= 11 is 0. The van der Waals surface area contributed by atoms with Crippen LogP contribution in [0.4, 0.5) is 0 Å². The van der Waals surface area contributed by atoms with E-state index >= 15 is 0 Å². The van der Waals surface area contributed by atoms with Gasteiger partial charge in [-0.05, 0) is 186 Å². The van der Waals surface area contributed by atoms with Gasteiger partial charge in [0.25, 0.3) is 0 Å². The van der Waals surface area contributed by atoms with Crippen molar-refractivity contribution in [1.29, 1.82) is 0 Å². The fourth-order valence-electron chi connectivity index (χ4n) is 13.8. The van der Waals surface area contributed by atoms with Crippen molar-refractivity contribution in [2.24, 2.45) is 35.5 Å². The van der Waals surface area contributed by atoms with Crippen LogP contribution in [0.15, 0.2) is 60.9 Å². The zero-order chi connectivity index (χ0) is 34.7. The van der Waals surface area contributed by atoms with Gasteiger partial charge in [0, 0.05) is 12.4 Å². The molecule has 3 aromatic rings. The predicted molar refractivity (Wildman–Crippen MR) is 214 cm³/mol. The van der Waals surface area contributed by atoms with Crippen molar-refractivity contribution in [2.75, 3.05) is 0 Å². The average molecular weight is 705 g/mol. The van der Waals surface area contributed by atoms with E-state index < -0.39 is 5.16 Å². The summed E-state index contributed by atoms with van der Waals surface area (Å²) in [5.41, 5.74) is 8.33.